The van der Waals surface area contributed by atoms with Gasteiger partial charge in [-0.2, -0.15) is 0 Å². The Kier molecular flexibility index (Phi) is 5.41. The maximum Gasteiger partial charge on any atom is 0.194 e. The highest BCUT2D eigenvalue weighted by molar-refractivity contribution is 6.31. The first kappa shape index (κ1) is 16.8. The topological polar surface area (TPSA) is 45.5 Å². The molecule has 1 aliphatic heterocycles. The molecule has 0 aliphatic carbocycles. The lowest BCUT2D eigenvalue weighted by Gasteiger charge is -2.22. The minimum atomic E-state index is 0.680. The number of benzene rings is 1. The summed E-state index contributed by atoms with van der Waals surface area (Å²) in [4.78, 5) is 11.2. The highest BCUT2D eigenvalue weighted by atomic mass is 35.5. The van der Waals surface area contributed by atoms with Crippen molar-refractivity contribution in [2.45, 2.75) is 38.9 Å². The second kappa shape index (κ2) is 7.71. The number of aryl methyl sites for hydroxylation is 2. The summed E-state index contributed by atoms with van der Waals surface area (Å²) in [5.74, 6) is 2.04. The quantitative estimate of drug-likeness (QED) is 0.684. The Morgan fingerprint density at radius 3 is 2.96 bits per heavy atom. The predicted molar refractivity (Wildman–Crippen MR) is 98.3 cm³/mol. The number of fused-ring (bicyclic) bond motifs is 1. The Morgan fingerprint density at radius 2 is 2.21 bits per heavy atom. The zero-order valence-corrected chi connectivity index (χ0v) is 15.1. The van der Waals surface area contributed by atoms with Crippen LogP contribution in [0.2, 0.25) is 5.02 Å². The fraction of sp³-hybridized carbons (Fsp3) is 0.444. The van der Waals surface area contributed by atoms with Crippen LogP contribution in [0.4, 0.5) is 0 Å². The summed E-state index contributed by atoms with van der Waals surface area (Å²) in [7, 11) is 3.81. The van der Waals surface area contributed by atoms with Crippen LogP contribution in [0.15, 0.2) is 35.5 Å². The van der Waals surface area contributed by atoms with Crippen molar-refractivity contribution in [2.24, 2.45) is 4.99 Å². The van der Waals surface area contributed by atoms with E-state index in [1.54, 1.807) is 7.05 Å². The maximum absolute atomic E-state index is 6.25. The van der Waals surface area contributed by atoms with Gasteiger partial charge in [0.05, 0.1) is 12.2 Å². The average molecular weight is 346 g/mol. The fourth-order valence-corrected chi connectivity index (χ4v) is 3.26. The molecule has 0 bridgehead atoms. The van der Waals surface area contributed by atoms with Crippen LogP contribution in [-0.4, -0.2) is 34.5 Å². The number of rotatable bonds is 4. The molecule has 0 saturated carbocycles. The number of hydrogen-bond donors (Lipinski definition) is 1. The minimum Gasteiger partial charge on any atom is -0.351 e. The first-order chi connectivity index (χ1) is 11.7. The molecule has 0 unspecified atom stereocenters. The summed E-state index contributed by atoms with van der Waals surface area (Å²) >= 11 is 6.25. The van der Waals surface area contributed by atoms with Crippen molar-refractivity contribution < 1.29 is 0 Å². The number of nitrogens with zero attached hydrogens (tertiary/aromatic N) is 4. The van der Waals surface area contributed by atoms with Gasteiger partial charge in [0.1, 0.15) is 5.82 Å². The molecule has 2 heterocycles. The van der Waals surface area contributed by atoms with Gasteiger partial charge in [-0.25, -0.2) is 4.98 Å². The summed E-state index contributed by atoms with van der Waals surface area (Å²) in [6, 6.07) is 7.90. The largest absolute Gasteiger partial charge is 0.351 e. The van der Waals surface area contributed by atoms with E-state index in [2.05, 4.69) is 26.0 Å². The van der Waals surface area contributed by atoms with Gasteiger partial charge in [-0.05, 0) is 24.5 Å². The van der Waals surface area contributed by atoms with Crippen molar-refractivity contribution in [3.63, 3.8) is 0 Å². The molecule has 0 amide bonds. The van der Waals surface area contributed by atoms with E-state index in [0.29, 0.717) is 13.1 Å². The van der Waals surface area contributed by atoms with E-state index in [1.165, 1.54) is 18.7 Å². The summed E-state index contributed by atoms with van der Waals surface area (Å²) in [6.45, 7) is 2.47. The molecular formula is C18H24ClN5. The molecule has 0 fully saturated rings. The van der Waals surface area contributed by atoms with Crippen molar-refractivity contribution in [1.82, 2.24) is 19.8 Å². The number of imidazole rings is 1. The summed E-state index contributed by atoms with van der Waals surface area (Å²) in [5.41, 5.74) is 2.15. The van der Waals surface area contributed by atoms with Crippen molar-refractivity contribution in [3.8, 4) is 0 Å². The lowest BCUT2D eigenvalue weighted by molar-refractivity contribution is 0.476. The van der Waals surface area contributed by atoms with Crippen LogP contribution in [0.25, 0.3) is 0 Å². The van der Waals surface area contributed by atoms with E-state index in [4.69, 9.17) is 16.6 Å². The molecule has 1 N–H and O–H groups in total. The number of hydrogen-bond acceptors (Lipinski definition) is 2. The SMILES string of the molecule is CN=C(NCc1cn2c(n1)CCCC2)N(C)Cc1ccccc1Cl. The van der Waals surface area contributed by atoms with E-state index in [-0.39, 0.29) is 0 Å². The first-order valence-corrected chi connectivity index (χ1v) is 8.75. The number of aliphatic imine (C=N–C) groups is 1. The fourth-order valence-electron chi connectivity index (χ4n) is 3.07. The van der Waals surface area contributed by atoms with Gasteiger partial charge in [-0.3, -0.25) is 4.99 Å². The molecular weight excluding hydrogens is 322 g/mol. The van der Waals surface area contributed by atoms with Gasteiger partial charge in [-0.1, -0.05) is 29.8 Å². The second-order valence-electron chi connectivity index (χ2n) is 6.15. The van der Waals surface area contributed by atoms with Crippen LogP contribution in [0.1, 0.15) is 29.9 Å². The lowest BCUT2D eigenvalue weighted by atomic mass is 10.2. The molecule has 5 nitrogen and oxygen atoms in total. The zero-order chi connectivity index (χ0) is 16.9. The van der Waals surface area contributed by atoms with Crippen molar-refractivity contribution >= 4 is 17.6 Å². The third kappa shape index (κ3) is 3.90. The van der Waals surface area contributed by atoms with Gasteiger partial charge in [0.15, 0.2) is 5.96 Å². The molecule has 0 spiro atoms. The molecule has 6 heteroatoms. The van der Waals surface area contributed by atoms with E-state index in [1.807, 2.05) is 31.3 Å². The third-order valence-corrected chi connectivity index (χ3v) is 4.69. The van der Waals surface area contributed by atoms with E-state index < -0.39 is 0 Å². The molecule has 1 aliphatic rings. The number of halogens is 1. The minimum absolute atomic E-state index is 0.680. The Balaban J connectivity index is 1.60. The first-order valence-electron chi connectivity index (χ1n) is 8.37. The third-order valence-electron chi connectivity index (χ3n) is 4.32. The van der Waals surface area contributed by atoms with Crippen molar-refractivity contribution in [1.29, 1.82) is 0 Å². The summed E-state index contributed by atoms with van der Waals surface area (Å²) in [6.07, 6.45) is 5.73. The molecule has 0 radical (unpaired) electrons. The van der Waals surface area contributed by atoms with Crippen molar-refractivity contribution in [2.75, 3.05) is 14.1 Å². The van der Waals surface area contributed by atoms with Crippen LogP contribution in [-0.2, 0) is 26.1 Å². The predicted octanol–water partition coefficient (Wildman–Crippen LogP) is 3.08. The standard InChI is InChI=1S/C18H24ClN5/c1-20-18(23(2)12-14-7-3-4-8-16(14)19)21-11-15-13-24-10-6-5-9-17(24)22-15/h3-4,7-8,13H,5-6,9-12H2,1-2H3,(H,20,21). The van der Waals surface area contributed by atoms with E-state index in [9.17, 15) is 0 Å². The average Bonchev–Trinajstić information content (AvgIpc) is 3.00. The highest BCUT2D eigenvalue weighted by Gasteiger charge is 2.13. The molecule has 0 atom stereocenters. The number of nitrogens with one attached hydrogen (secondary N) is 1. The molecule has 24 heavy (non-hydrogen) atoms. The second-order valence-corrected chi connectivity index (χ2v) is 6.55. The van der Waals surface area contributed by atoms with Crippen LogP contribution in [0.3, 0.4) is 0 Å². The van der Waals surface area contributed by atoms with Crippen molar-refractivity contribution in [3.05, 3.63) is 52.6 Å². The van der Waals surface area contributed by atoms with Gasteiger partial charge >= 0.3 is 0 Å². The van der Waals surface area contributed by atoms with Gasteiger partial charge in [0.25, 0.3) is 0 Å². The Hall–Kier alpha value is -2.01. The maximum atomic E-state index is 6.25. The number of guanidine groups is 1. The summed E-state index contributed by atoms with van der Waals surface area (Å²) in [5, 5.41) is 4.17. The molecule has 1 aromatic carbocycles. The molecule has 0 saturated heterocycles. The van der Waals surface area contributed by atoms with Crippen LogP contribution < -0.4 is 5.32 Å². The molecule has 1 aromatic heterocycles. The zero-order valence-electron chi connectivity index (χ0n) is 14.3. The molecule has 2 aromatic rings. The number of aromatic nitrogens is 2. The molecule has 128 valence electrons. The van der Waals surface area contributed by atoms with Gasteiger partial charge in [-0.15, -0.1) is 0 Å². The van der Waals surface area contributed by atoms with E-state index >= 15 is 0 Å². The van der Waals surface area contributed by atoms with Gasteiger partial charge < -0.3 is 14.8 Å². The highest BCUT2D eigenvalue weighted by Crippen LogP contribution is 2.17. The Labute approximate surface area is 148 Å². The normalized spacial score (nSPS) is 14.4. The lowest BCUT2D eigenvalue weighted by Crippen LogP contribution is -2.38. The smallest absolute Gasteiger partial charge is 0.194 e. The monoisotopic (exact) mass is 345 g/mol. The summed E-state index contributed by atoms with van der Waals surface area (Å²) < 4.78 is 2.27. The van der Waals surface area contributed by atoms with Gasteiger partial charge in [0.2, 0.25) is 0 Å². The van der Waals surface area contributed by atoms with E-state index in [0.717, 1.165) is 35.2 Å². The van der Waals surface area contributed by atoms with Crippen LogP contribution in [0, 0.1) is 0 Å². The molecule has 3 rings (SSSR count). The van der Waals surface area contributed by atoms with Crippen LogP contribution >= 0.6 is 11.6 Å². The van der Waals surface area contributed by atoms with Crippen LogP contribution in [0.5, 0.6) is 0 Å². The Bertz CT molecular complexity index is 698. The van der Waals surface area contributed by atoms with Gasteiger partial charge in [0, 0.05) is 44.8 Å². The Morgan fingerprint density at radius 1 is 1.38 bits per heavy atom.